The number of para-hydroxylation sites is 1. The molecule has 1 unspecified atom stereocenters. The lowest BCUT2D eigenvalue weighted by Gasteiger charge is -2.18. The molecule has 0 saturated heterocycles. The molecule has 0 bridgehead atoms. The van der Waals surface area contributed by atoms with Crippen LogP contribution in [0.4, 0.5) is 0 Å². The third kappa shape index (κ3) is 5.02. The first-order valence-corrected chi connectivity index (χ1v) is 7.34. The van der Waals surface area contributed by atoms with E-state index in [1.165, 1.54) is 0 Å². The van der Waals surface area contributed by atoms with E-state index in [1.807, 2.05) is 19.2 Å². The summed E-state index contributed by atoms with van der Waals surface area (Å²) in [5.41, 5.74) is 0.938. The molecule has 1 rings (SSSR count). The van der Waals surface area contributed by atoms with Gasteiger partial charge in [-0.15, -0.1) is 0 Å². The van der Waals surface area contributed by atoms with Crippen molar-refractivity contribution in [1.29, 1.82) is 0 Å². The lowest BCUT2D eigenvalue weighted by atomic mass is 10.2. The maximum Gasteiger partial charge on any atom is 0.260 e. The number of hydrogen-bond acceptors (Lipinski definition) is 3. The first kappa shape index (κ1) is 16.8. The van der Waals surface area contributed by atoms with Crippen LogP contribution in [0.15, 0.2) is 18.2 Å². The highest BCUT2D eigenvalue weighted by Gasteiger charge is 2.17. The molecule has 0 saturated carbocycles. The molecule has 0 spiro atoms. The van der Waals surface area contributed by atoms with E-state index in [0.29, 0.717) is 23.9 Å². The zero-order valence-corrected chi connectivity index (χ0v) is 13.1. The van der Waals surface area contributed by atoms with Crippen LogP contribution in [0.25, 0.3) is 0 Å². The van der Waals surface area contributed by atoms with Gasteiger partial charge in [-0.3, -0.25) is 4.79 Å². The summed E-state index contributed by atoms with van der Waals surface area (Å²) in [4.78, 5) is 11.9. The van der Waals surface area contributed by atoms with Gasteiger partial charge in [0.1, 0.15) is 5.75 Å². The Balaban J connectivity index is 2.69. The first-order chi connectivity index (χ1) is 9.60. The van der Waals surface area contributed by atoms with Gasteiger partial charge >= 0.3 is 0 Å². The van der Waals surface area contributed by atoms with Crippen molar-refractivity contribution in [3.8, 4) is 5.75 Å². The Bertz CT molecular complexity index is 438. The van der Waals surface area contributed by atoms with Crippen molar-refractivity contribution in [2.45, 2.75) is 39.3 Å². The molecule has 20 heavy (non-hydrogen) atoms. The molecule has 112 valence electrons. The second-order valence-electron chi connectivity index (χ2n) is 4.66. The van der Waals surface area contributed by atoms with Crippen LogP contribution in [0, 0.1) is 0 Å². The third-order valence-electron chi connectivity index (χ3n) is 2.91. The average molecular weight is 299 g/mol. The topological polar surface area (TPSA) is 50.4 Å². The van der Waals surface area contributed by atoms with Gasteiger partial charge in [-0.25, -0.2) is 0 Å². The van der Waals surface area contributed by atoms with Crippen LogP contribution in [-0.4, -0.2) is 25.6 Å². The van der Waals surface area contributed by atoms with Crippen molar-refractivity contribution in [2.24, 2.45) is 0 Å². The minimum Gasteiger partial charge on any atom is -0.479 e. The van der Waals surface area contributed by atoms with Crippen molar-refractivity contribution in [2.75, 3.05) is 13.6 Å². The number of benzene rings is 1. The minimum absolute atomic E-state index is 0.117. The normalized spacial score (nSPS) is 12.0. The fourth-order valence-electron chi connectivity index (χ4n) is 1.78. The van der Waals surface area contributed by atoms with Crippen molar-refractivity contribution < 1.29 is 9.53 Å². The summed E-state index contributed by atoms with van der Waals surface area (Å²) in [5.74, 6) is 0.454. The summed E-state index contributed by atoms with van der Waals surface area (Å²) >= 11 is 6.16. The number of carbonyl (C=O) groups excluding carboxylic acids is 1. The van der Waals surface area contributed by atoms with Crippen LogP contribution in [-0.2, 0) is 11.3 Å². The number of unbranched alkanes of at least 4 members (excludes halogenated alkanes) is 1. The monoisotopic (exact) mass is 298 g/mol. The molecule has 1 aromatic carbocycles. The fourth-order valence-corrected chi connectivity index (χ4v) is 2.02. The molecule has 0 aliphatic carbocycles. The van der Waals surface area contributed by atoms with E-state index in [0.717, 1.165) is 18.4 Å². The smallest absolute Gasteiger partial charge is 0.260 e. The van der Waals surface area contributed by atoms with E-state index >= 15 is 0 Å². The second kappa shape index (κ2) is 8.82. The van der Waals surface area contributed by atoms with Crippen molar-refractivity contribution in [3.63, 3.8) is 0 Å². The molecule has 0 aromatic heterocycles. The van der Waals surface area contributed by atoms with Crippen LogP contribution in [0.3, 0.4) is 0 Å². The van der Waals surface area contributed by atoms with E-state index in [4.69, 9.17) is 16.3 Å². The molecule has 0 aliphatic heterocycles. The van der Waals surface area contributed by atoms with E-state index in [9.17, 15) is 4.79 Å². The Hall–Kier alpha value is -1.26. The highest BCUT2D eigenvalue weighted by molar-refractivity contribution is 6.32. The number of carbonyl (C=O) groups is 1. The van der Waals surface area contributed by atoms with Crippen molar-refractivity contribution in [1.82, 2.24) is 10.6 Å². The van der Waals surface area contributed by atoms with Gasteiger partial charge < -0.3 is 15.4 Å². The third-order valence-corrected chi connectivity index (χ3v) is 3.21. The Labute approximate surface area is 125 Å². The quantitative estimate of drug-likeness (QED) is 0.726. The first-order valence-electron chi connectivity index (χ1n) is 6.96. The van der Waals surface area contributed by atoms with Gasteiger partial charge in [0.2, 0.25) is 0 Å². The highest BCUT2D eigenvalue weighted by atomic mass is 35.5. The number of hydrogen-bond donors (Lipinski definition) is 2. The highest BCUT2D eigenvalue weighted by Crippen LogP contribution is 2.29. The summed E-state index contributed by atoms with van der Waals surface area (Å²) in [6, 6.07) is 5.56. The van der Waals surface area contributed by atoms with E-state index in [1.54, 1.807) is 13.0 Å². The molecule has 0 heterocycles. The van der Waals surface area contributed by atoms with Crippen molar-refractivity contribution in [3.05, 3.63) is 28.8 Å². The Morgan fingerprint density at radius 2 is 2.20 bits per heavy atom. The van der Waals surface area contributed by atoms with Crippen LogP contribution in [0.2, 0.25) is 5.02 Å². The summed E-state index contributed by atoms with van der Waals surface area (Å²) in [6.07, 6.45) is 1.45. The summed E-state index contributed by atoms with van der Waals surface area (Å²) in [6.45, 7) is 5.13. The standard InChI is InChI=1S/C15H23ClN2O2/c1-4-5-9-18-15(19)11(2)20-14-12(10-17-3)7-6-8-13(14)16/h6-8,11,17H,4-5,9-10H2,1-3H3,(H,18,19). The molecule has 1 aromatic rings. The Morgan fingerprint density at radius 3 is 2.85 bits per heavy atom. The van der Waals surface area contributed by atoms with E-state index in [-0.39, 0.29) is 5.91 Å². The lowest BCUT2D eigenvalue weighted by molar-refractivity contribution is -0.127. The molecule has 0 fully saturated rings. The SMILES string of the molecule is CCCCNC(=O)C(C)Oc1c(Cl)cccc1CNC. The summed E-state index contributed by atoms with van der Waals surface area (Å²) in [5, 5.41) is 6.43. The molecule has 1 atom stereocenters. The van der Waals surface area contributed by atoms with E-state index in [2.05, 4.69) is 17.6 Å². The maximum atomic E-state index is 11.9. The van der Waals surface area contributed by atoms with Crippen molar-refractivity contribution >= 4 is 17.5 Å². The molecule has 0 aliphatic rings. The zero-order chi connectivity index (χ0) is 15.0. The van der Waals surface area contributed by atoms with Crippen LogP contribution < -0.4 is 15.4 Å². The van der Waals surface area contributed by atoms with Crippen LogP contribution >= 0.6 is 11.6 Å². The predicted molar refractivity (Wildman–Crippen MR) is 82.2 cm³/mol. The molecule has 0 radical (unpaired) electrons. The Kier molecular flexibility index (Phi) is 7.41. The number of halogens is 1. The second-order valence-corrected chi connectivity index (χ2v) is 5.07. The van der Waals surface area contributed by atoms with Crippen LogP contribution in [0.5, 0.6) is 5.75 Å². The summed E-state index contributed by atoms with van der Waals surface area (Å²) < 4.78 is 5.74. The van der Waals surface area contributed by atoms with Gasteiger partial charge in [0.15, 0.2) is 6.10 Å². The fraction of sp³-hybridized carbons (Fsp3) is 0.533. The maximum absolute atomic E-state index is 11.9. The van der Waals surface area contributed by atoms with Gasteiger partial charge in [0.25, 0.3) is 5.91 Å². The molecule has 4 nitrogen and oxygen atoms in total. The van der Waals surface area contributed by atoms with Gasteiger partial charge in [-0.05, 0) is 26.5 Å². The molecular weight excluding hydrogens is 276 g/mol. The van der Waals surface area contributed by atoms with Gasteiger partial charge in [0, 0.05) is 18.7 Å². The van der Waals surface area contributed by atoms with Gasteiger partial charge in [-0.2, -0.15) is 0 Å². The minimum atomic E-state index is -0.567. The van der Waals surface area contributed by atoms with E-state index < -0.39 is 6.10 Å². The Morgan fingerprint density at radius 1 is 1.45 bits per heavy atom. The molecule has 1 amide bonds. The van der Waals surface area contributed by atoms with Gasteiger partial charge in [0.05, 0.1) is 5.02 Å². The summed E-state index contributed by atoms with van der Waals surface area (Å²) in [7, 11) is 1.85. The lowest BCUT2D eigenvalue weighted by Crippen LogP contribution is -2.37. The molecular formula is C15H23ClN2O2. The number of ether oxygens (including phenoxy) is 1. The largest absolute Gasteiger partial charge is 0.479 e. The van der Waals surface area contributed by atoms with Gasteiger partial charge in [-0.1, -0.05) is 37.1 Å². The predicted octanol–water partition coefficient (Wildman–Crippen LogP) is 2.74. The molecule has 2 N–H and O–H groups in total. The molecule has 5 heteroatoms. The van der Waals surface area contributed by atoms with Crippen LogP contribution in [0.1, 0.15) is 32.3 Å². The number of rotatable bonds is 8. The number of nitrogens with one attached hydrogen (secondary N) is 2. The zero-order valence-electron chi connectivity index (χ0n) is 12.3. The number of amides is 1. The average Bonchev–Trinajstić information content (AvgIpc) is 2.43.